The summed E-state index contributed by atoms with van der Waals surface area (Å²) in [4.78, 5) is 10.9. The van der Waals surface area contributed by atoms with E-state index in [0.29, 0.717) is 5.56 Å². The number of halogens is 3. The lowest BCUT2D eigenvalue weighted by Crippen LogP contribution is -2.47. The van der Waals surface area contributed by atoms with Crippen molar-refractivity contribution < 1.29 is 27.8 Å². The van der Waals surface area contributed by atoms with Crippen molar-refractivity contribution in [2.75, 3.05) is 0 Å². The van der Waals surface area contributed by atoms with Crippen LogP contribution in [0.3, 0.4) is 0 Å². The van der Waals surface area contributed by atoms with E-state index >= 15 is 0 Å². The molecule has 1 aliphatic rings. The van der Waals surface area contributed by atoms with Gasteiger partial charge in [0, 0.05) is 0 Å². The van der Waals surface area contributed by atoms with E-state index in [9.17, 15) is 18.0 Å². The molecule has 6 heteroatoms. The molecule has 1 aliphatic heterocycles. The number of aliphatic carboxylic acids is 1. The molecule has 0 spiro atoms. The Hall–Kier alpha value is -1.72. The average molecular weight is 260 g/mol. The smallest absolute Gasteiger partial charge is 0.426 e. The Labute approximate surface area is 101 Å². The quantitative estimate of drug-likeness (QED) is 0.844. The number of ether oxygens (including phenoxy) is 1. The van der Waals surface area contributed by atoms with Gasteiger partial charge < -0.3 is 9.84 Å². The van der Waals surface area contributed by atoms with Gasteiger partial charge in [0.05, 0.1) is 0 Å². The highest BCUT2D eigenvalue weighted by molar-refractivity contribution is 5.72. The normalized spacial score (nSPS) is 23.1. The second-order valence-corrected chi connectivity index (χ2v) is 4.34. The predicted octanol–water partition coefficient (Wildman–Crippen LogP) is 2.56. The molecule has 2 atom stereocenters. The van der Waals surface area contributed by atoms with Crippen molar-refractivity contribution in [2.24, 2.45) is 5.92 Å². The van der Waals surface area contributed by atoms with Crippen molar-refractivity contribution in [2.45, 2.75) is 25.6 Å². The summed E-state index contributed by atoms with van der Waals surface area (Å²) in [5.74, 6) is -2.98. The van der Waals surface area contributed by atoms with Crippen LogP contribution in [0.25, 0.3) is 0 Å². The van der Waals surface area contributed by atoms with Gasteiger partial charge in [0.2, 0.25) is 6.10 Å². The number of carboxylic acids is 1. The van der Waals surface area contributed by atoms with Gasteiger partial charge in [0.15, 0.2) is 0 Å². The highest BCUT2D eigenvalue weighted by Crippen LogP contribution is 2.38. The SMILES string of the molecule is Cc1ccc2c(c1)C[C@H](C(=O)O)[C@H](C(F)(F)F)O2. The minimum Gasteiger partial charge on any atom is -0.481 e. The summed E-state index contributed by atoms with van der Waals surface area (Å²) < 4.78 is 43.0. The fourth-order valence-corrected chi connectivity index (χ4v) is 2.06. The first kappa shape index (κ1) is 12.7. The molecule has 1 aromatic carbocycles. The number of fused-ring (bicyclic) bond motifs is 1. The largest absolute Gasteiger partial charge is 0.481 e. The zero-order valence-corrected chi connectivity index (χ0v) is 9.49. The van der Waals surface area contributed by atoms with Gasteiger partial charge in [-0.1, -0.05) is 17.7 Å². The molecular formula is C12H11F3O3. The van der Waals surface area contributed by atoms with E-state index < -0.39 is 24.2 Å². The van der Waals surface area contributed by atoms with Crippen molar-refractivity contribution in [3.8, 4) is 5.75 Å². The Bertz CT molecular complexity index is 482. The third-order valence-corrected chi connectivity index (χ3v) is 2.92. The first-order valence-corrected chi connectivity index (χ1v) is 5.35. The van der Waals surface area contributed by atoms with Gasteiger partial charge >= 0.3 is 12.1 Å². The van der Waals surface area contributed by atoms with Gasteiger partial charge in [-0.15, -0.1) is 0 Å². The minimum absolute atomic E-state index is 0.112. The Morgan fingerprint density at radius 3 is 2.67 bits per heavy atom. The molecule has 0 aliphatic carbocycles. The van der Waals surface area contributed by atoms with Crippen molar-refractivity contribution in [3.63, 3.8) is 0 Å². The summed E-state index contributed by atoms with van der Waals surface area (Å²) in [6, 6.07) is 4.73. The molecule has 1 aromatic rings. The van der Waals surface area contributed by atoms with Gasteiger partial charge in [-0.25, -0.2) is 0 Å². The molecule has 0 fully saturated rings. The molecule has 0 radical (unpaired) electrons. The van der Waals surface area contributed by atoms with Crippen molar-refractivity contribution in [1.29, 1.82) is 0 Å². The topological polar surface area (TPSA) is 46.5 Å². The lowest BCUT2D eigenvalue weighted by molar-refractivity contribution is -0.217. The fraction of sp³-hybridized carbons (Fsp3) is 0.417. The minimum atomic E-state index is -4.69. The van der Waals surface area contributed by atoms with Gasteiger partial charge in [0.25, 0.3) is 0 Å². The maximum absolute atomic E-state index is 12.7. The van der Waals surface area contributed by atoms with E-state index in [1.807, 2.05) is 0 Å². The van der Waals surface area contributed by atoms with Crippen LogP contribution in [0.15, 0.2) is 18.2 Å². The van der Waals surface area contributed by atoms with Gasteiger partial charge in [-0.05, 0) is 25.0 Å². The molecule has 0 bridgehead atoms. The summed E-state index contributed by atoms with van der Waals surface area (Å²) in [6.45, 7) is 1.78. The second kappa shape index (κ2) is 4.19. The summed E-state index contributed by atoms with van der Waals surface area (Å²) in [7, 11) is 0. The number of hydrogen-bond acceptors (Lipinski definition) is 2. The summed E-state index contributed by atoms with van der Waals surface area (Å²) >= 11 is 0. The molecule has 18 heavy (non-hydrogen) atoms. The van der Waals surface area contributed by atoms with Crippen LogP contribution < -0.4 is 4.74 Å². The number of rotatable bonds is 1. The maximum Gasteiger partial charge on any atom is 0.426 e. The van der Waals surface area contributed by atoms with Crippen molar-refractivity contribution in [1.82, 2.24) is 0 Å². The van der Waals surface area contributed by atoms with Crippen molar-refractivity contribution in [3.05, 3.63) is 29.3 Å². The molecule has 1 heterocycles. The molecule has 0 unspecified atom stereocenters. The highest BCUT2D eigenvalue weighted by atomic mass is 19.4. The molecular weight excluding hydrogens is 249 g/mol. The van der Waals surface area contributed by atoms with Crippen LogP contribution >= 0.6 is 0 Å². The first-order chi connectivity index (χ1) is 8.29. The fourth-order valence-electron chi connectivity index (χ4n) is 2.06. The molecule has 98 valence electrons. The average Bonchev–Trinajstić information content (AvgIpc) is 2.25. The first-order valence-electron chi connectivity index (χ1n) is 5.35. The molecule has 3 nitrogen and oxygen atoms in total. The third-order valence-electron chi connectivity index (χ3n) is 2.92. The van der Waals surface area contributed by atoms with Gasteiger partial charge in [0.1, 0.15) is 11.7 Å². The van der Waals surface area contributed by atoms with Crippen LogP contribution in [0.1, 0.15) is 11.1 Å². The second-order valence-electron chi connectivity index (χ2n) is 4.34. The number of benzene rings is 1. The third kappa shape index (κ3) is 2.27. The summed E-state index contributed by atoms with van der Waals surface area (Å²) in [5.41, 5.74) is 1.36. The molecule has 2 rings (SSSR count). The zero-order valence-electron chi connectivity index (χ0n) is 9.49. The molecule has 0 amide bonds. The number of carboxylic acid groups (broad SMARTS) is 1. The van der Waals surface area contributed by atoms with Crippen LogP contribution in [0.2, 0.25) is 0 Å². The predicted molar refractivity (Wildman–Crippen MR) is 56.5 cm³/mol. The van der Waals surface area contributed by atoms with Crippen LogP contribution in [-0.2, 0) is 11.2 Å². The van der Waals surface area contributed by atoms with E-state index in [4.69, 9.17) is 9.84 Å². The molecule has 1 N–H and O–H groups in total. The number of carbonyl (C=O) groups is 1. The maximum atomic E-state index is 12.7. The highest BCUT2D eigenvalue weighted by Gasteiger charge is 2.52. The van der Waals surface area contributed by atoms with E-state index in [1.54, 1.807) is 19.1 Å². The monoisotopic (exact) mass is 260 g/mol. The molecule has 0 aromatic heterocycles. The van der Waals surface area contributed by atoms with E-state index in [-0.39, 0.29) is 12.2 Å². The Morgan fingerprint density at radius 1 is 1.44 bits per heavy atom. The Kier molecular flexibility index (Phi) is 2.96. The zero-order chi connectivity index (χ0) is 13.5. The molecule has 0 saturated carbocycles. The van der Waals surface area contributed by atoms with E-state index in [1.165, 1.54) is 6.07 Å². The van der Waals surface area contributed by atoms with Crippen molar-refractivity contribution >= 4 is 5.97 Å². The number of hydrogen-bond donors (Lipinski definition) is 1. The lowest BCUT2D eigenvalue weighted by atomic mass is 9.89. The van der Waals surface area contributed by atoms with E-state index in [0.717, 1.165) is 5.56 Å². The lowest BCUT2D eigenvalue weighted by Gasteiger charge is -2.32. The summed E-state index contributed by atoms with van der Waals surface area (Å²) in [6.07, 6.45) is -7.15. The van der Waals surface area contributed by atoms with Crippen LogP contribution in [0, 0.1) is 12.8 Å². The number of alkyl halides is 3. The van der Waals surface area contributed by atoms with Gasteiger partial charge in [-0.2, -0.15) is 13.2 Å². The van der Waals surface area contributed by atoms with Crippen LogP contribution in [0.4, 0.5) is 13.2 Å². The standard InChI is InChI=1S/C12H11F3O3/c1-6-2-3-9-7(4-6)5-8(11(16)17)10(18-9)12(13,14)15/h2-4,8,10H,5H2,1H3,(H,16,17)/t8-,10+/m0/s1. The Morgan fingerprint density at radius 2 is 2.11 bits per heavy atom. The molecule has 0 saturated heterocycles. The van der Waals surface area contributed by atoms with E-state index in [2.05, 4.69) is 0 Å². The summed E-state index contributed by atoms with van der Waals surface area (Å²) in [5, 5.41) is 8.89. The number of aryl methyl sites for hydroxylation is 1. The van der Waals surface area contributed by atoms with Gasteiger partial charge in [-0.3, -0.25) is 4.79 Å². The van der Waals surface area contributed by atoms with Crippen LogP contribution in [0.5, 0.6) is 5.75 Å². The van der Waals surface area contributed by atoms with Crippen LogP contribution in [-0.4, -0.2) is 23.4 Å². The Balaban J connectivity index is 2.40.